The molecule has 0 aliphatic carbocycles. The molecular weight excluding hydrogens is 295 g/mol. The van der Waals surface area contributed by atoms with Crippen molar-refractivity contribution in [3.63, 3.8) is 0 Å². The maximum absolute atomic E-state index is 12.8. The van der Waals surface area contributed by atoms with E-state index in [1.807, 2.05) is 0 Å². The lowest BCUT2D eigenvalue weighted by atomic mass is 10.1. The number of hydrogen-bond acceptors (Lipinski definition) is 4. The van der Waals surface area contributed by atoms with Gasteiger partial charge in [-0.25, -0.2) is 8.42 Å². The van der Waals surface area contributed by atoms with Crippen LogP contribution in [0.5, 0.6) is 0 Å². The molecule has 0 aliphatic rings. The maximum Gasteiger partial charge on any atom is 0.420 e. The van der Waals surface area contributed by atoms with Gasteiger partial charge in [0, 0.05) is 16.1 Å². The van der Waals surface area contributed by atoms with Crippen LogP contribution in [0.25, 0.3) is 11.0 Å². The summed E-state index contributed by atoms with van der Waals surface area (Å²) < 4.78 is 65.1. The van der Waals surface area contributed by atoms with Crippen LogP contribution in [0.15, 0.2) is 21.6 Å². The Morgan fingerprint density at radius 2 is 1.94 bits per heavy atom. The predicted molar refractivity (Wildman–Crippen MR) is 56.8 cm³/mol. The summed E-state index contributed by atoms with van der Waals surface area (Å²) in [5, 5.41) is 3.34. The first-order valence-corrected chi connectivity index (χ1v) is 6.83. The fourth-order valence-electron chi connectivity index (χ4n) is 1.48. The largest absolute Gasteiger partial charge is 0.420 e. The highest BCUT2D eigenvalue weighted by Crippen LogP contribution is 2.38. The zero-order valence-corrected chi connectivity index (χ0v) is 10.3. The van der Waals surface area contributed by atoms with Gasteiger partial charge in [0.25, 0.3) is 9.05 Å². The highest BCUT2D eigenvalue weighted by Gasteiger charge is 2.36. The first kappa shape index (κ1) is 13.2. The molecule has 2 aromatic rings. The van der Waals surface area contributed by atoms with Crippen LogP contribution in [0.1, 0.15) is 11.3 Å². The molecule has 0 bridgehead atoms. The van der Waals surface area contributed by atoms with Gasteiger partial charge < -0.3 is 4.52 Å². The van der Waals surface area contributed by atoms with Crippen molar-refractivity contribution in [2.45, 2.75) is 18.0 Å². The van der Waals surface area contributed by atoms with Gasteiger partial charge in [0.05, 0.1) is 10.6 Å². The first-order valence-electron chi connectivity index (χ1n) is 4.52. The third kappa shape index (κ3) is 2.17. The molecule has 0 unspecified atom stereocenters. The van der Waals surface area contributed by atoms with Gasteiger partial charge in [-0.1, -0.05) is 5.16 Å². The molecule has 0 radical (unpaired) electrons. The zero-order chi connectivity index (χ0) is 13.7. The molecule has 1 heterocycles. The van der Waals surface area contributed by atoms with Crippen molar-refractivity contribution in [1.29, 1.82) is 0 Å². The average Bonchev–Trinajstić information content (AvgIpc) is 2.56. The Balaban J connectivity index is 2.92. The van der Waals surface area contributed by atoms with Crippen LogP contribution in [0.4, 0.5) is 13.2 Å². The van der Waals surface area contributed by atoms with Crippen molar-refractivity contribution in [2.75, 3.05) is 0 Å². The maximum atomic E-state index is 12.8. The topological polar surface area (TPSA) is 60.2 Å². The minimum atomic E-state index is -4.76. The second kappa shape index (κ2) is 3.86. The molecule has 0 fully saturated rings. The SMILES string of the molecule is Cc1noc2c(C(F)(F)F)cc(S(=O)(=O)Cl)cc12. The molecule has 1 aromatic heterocycles. The minimum Gasteiger partial charge on any atom is -0.355 e. The number of aryl methyl sites for hydroxylation is 1. The van der Waals surface area contributed by atoms with Crippen LogP contribution >= 0.6 is 10.7 Å². The van der Waals surface area contributed by atoms with Crippen molar-refractivity contribution in [2.24, 2.45) is 0 Å². The molecule has 0 saturated carbocycles. The molecule has 0 spiro atoms. The highest BCUT2D eigenvalue weighted by molar-refractivity contribution is 8.13. The normalized spacial score (nSPS) is 13.2. The minimum absolute atomic E-state index is 0.0379. The fourth-order valence-corrected chi connectivity index (χ4v) is 2.27. The molecule has 0 aliphatic heterocycles. The Morgan fingerprint density at radius 3 is 2.44 bits per heavy atom. The van der Waals surface area contributed by atoms with E-state index in [2.05, 4.69) is 9.68 Å². The first-order chi connectivity index (χ1) is 8.10. The lowest BCUT2D eigenvalue weighted by Gasteiger charge is -2.07. The van der Waals surface area contributed by atoms with E-state index in [0.29, 0.717) is 6.07 Å². The molecule has 0 amide bonds. The Morgan fingerprint density at radius 1 is 1.33 bits per heavy atom. The van der Waals surface area contributed by atoms with Gasteiger partial charge in [0.15, 0.2) is 5.58 Å². The quantitative estimate of drug-likeness (QED) is 0.759. The highest BCUT2D eigenvalue weighted by atomic mass is 35.7. The molecule has 0 saturated heterocycles. The molecular formula is C9H5ClF3NO3S. The average molecular weight is 300 g/mol. The van der Waals surface area contributed by atoms with Crippen molar-refractivity contribution >= 4 is 30.7 Å². The van der Waals surface area contributed by atoms with Gasteiger partial charge >= 0.3 is 6.18 Å². The Kier molecular flexibility index (Phi) is 2.82. The number of rotatable bonds is 1. The van der Waals surface area contributed by atoms with Crippen LogP contribution in [0.2, 0.25) is 0 Å². The molecule has 4 nitrogen and oxygen atoms in total. The summed E-state index contributed by atoms with van der Waals surface area (Å²) in [6.45, 7) is 1.40. The van der Waals surface area contributed by atoms with Gasteiger partial charge in [-0.05, 0) is 19.1 Å². The van der Waals surface area contributed by atoms with E-state index >= 15 is 0 Å². The van der Waals surface area contributed by atoms with E-state index in [9.17, 15) is 21.6 Å². The summed E-state index contributed by atoms with van der Waals surface area (Å²) in [5.74, 6) is 0. The number of fused-ring (bicyclic) bond motifs is 1. The van der Waals surface area contributed by atoms with Crippen LogP contribution in [-0.2, 0) is 15.2 Å². The smallest absolute Gasteiger partial charge is 0.355 e. The van der Waals surface area contributed by atoms with Crippen molar-refractivity contribution in [3.8, 4) is 0 Å². The molecule has 0 atom stereocenters. The van der Waals surface area contributed by atoms with E-state index in [-0.39, 0.29) is 11.1 Å². The number of hydrogen-bond donors (Lipinski definition) is 0. The van der Waals surface area contributed by atoms with E-state index in [1.54, 1.807) is 0 Å². The predicted octanol–water partition coefficient (Wildman–Crippen LogP) is 3.08. The molecule has 18 heavy (non-hydrogen) atoms. The standard InChI is InChI=1S/C9H5ClF3NO3S/c1-4-6-2-5(18(10,15)16)3-7(9(11,12)13)8(6)17-14-4/h2-3H,1H3. The van der Waals surface area contributed by atoms with Crippen LogP contribution in [-0.4, -0.2) is 13.6 Å². The number of aromatic nitrogens is 1. The van der Waals surface area contributed by atoms with Gasteiger partial charge in [-0.3, -0.25) is 0 Å². The van der Waals surface area contributed by atoms with E-state index in [1.165, 1.54) is 6.92 Å². The Hall–Kier alpha value is -1.28. The number of alkyl halides is 3. The van der Waals surface area contributed by atoms with Crippen molar-refractivity contribution in [1.82, 2.24) is 5.16 Å². The summed E-state index contributed by atoms with van der Waals surface area (Å²) >= 11 is 0. The molecule has 98 valence electrons. The van der Waals surface area contributed by atoms with Gasteiger partial charge in [-0.2, -0.15) is 13.2 Å². The van der Waals surface area contributed by atoms with E-state index in [4.69, 9.17) is 10.7 Å². The monoisotopic (exact) mass is 299 g/mol. The summed E-state index contributed by atoms with van der Waals surface area (Å²) in [7, 11) is 0.785. The number of benzene rings is 1. The lowest BCUT2D eigenvalue weighted by molar-refractivity contribution is -0.137. The second-order valence-electron chi connectivity index (χ2n) is 3.55. The summed E-state index contributed by atoms with van der Waals surface area (Å²) in [4.78, 5) is -0.643. The van der Waals surface area contributed by atoms with Crippen molar-refractivity contribution < 1.29 is 26.1 Å². The molecule has 1 aromatic carbocycles. The molecule has 9 heteroatoms. The van der Waals surface area contributed by atoms with Crippen LogP contribution in [0, 0.1) is 6.92 Å². The fraction of sp³-hybridized carbons (Fsp3) is 0.222. The summed E-state index contributed by atoms with van der Waals surface area (Å²) in [6, 6.07) is 1.42. The Bertz CT molecular complexity index is 720. The Labute approximate surface area is 104 Å². The van der Waals surface area contributed by atoms with Crippen LogP contribution in [0.3, 0.4) is 0 Å². The van der Waals surface area contributed by atoms with E-state index in [0.717, 1.165) is 6.07 Å². The number of nitrogens with zero attached hydrogens (tertiary/aromatic N) is 1. The van der Waals surface area contributed by atoms with E-state index < -0.39 is 31.3 Å². The third-order valence-corrected chi connectivity index (χ3v) is 3.65. The summed E-state index contributed by atoms with van der Waals surface area (Å²) in [6.07, 6.45) is -4.76. The second-order valence-corrected chi connectivity index (χ2v) is 6.12. The van der Waals surface area contributed by atoms with Crippen molar-refractivity contribution in [3.05, 3.63) is 23.4 Å². The summed E-state index contributed by atoms with van der Waals surface area (Å²) in [5.41, 5.74) is -1.58. The third-order valence-electron chi connectivity index (χ3n) is 2.31. The number of halogens is 4. The van der Waals surface area contributed by atoms with Gasteiger partial charge in [0.1, 0.15) is 5.56 Å². The lowest BCUT2D eigenvalue weighted by Crippen LogP contribution is -2.07. The van der Waals surface area contributed by atoms with Gasteiger partial charge in [-0.15, -0.1) is 0 Å². The molecule has 2 rings (SSSR count). The zero-order valence-electron chi connectivity index (χ0n) is 8.75. The van der Waals surface area contributed by atoms with Gasteiger partial charge in [0.2, 0.25) is 0 Å². The van der Waals surface area contributed by atoms with Crippen LogP contribution < -0.4 is 0 Å². The molecule has 0 N–H and O–H groups in total.